The third-order valence-corrected chi connectivity index (χ3v) is 4.22. The van der Waals surface area contributed by atoms with Gasteiger partial charge in [-0.1, -0.05) is 41.2 Å². The molecule has 2 atom stereocenters. The van der Waals surface area contributed by atoms with Gasteiger partial charge in [0.15, 0.2) is 0 Å². The number of carbonyl (C=O) groups excluding carboxylic acids is 2. The zero-order valence-corrected chi connectivity index (χ0v) is 15.8. The quantitative estimate of drug-likeness (QED) is 0.534. The highest BCUT2D eigenvalue weighted by molar-refractivity contribution is 5.67. The molecule has 0 saturated heterocycles. The molecule has 0 aliphatic carbocycles. The molecule has 0 heterocycles. The minimum atomic E-state index is -0.522. The SMILES string of the molecule is C=CC(C)(OC(C)=O)C(C)C.CCC(C)(OC(C)=O)C(C)C. The van der Waals surface area contributed by atoms with Crippen LogP contribution >= 0.6 is 0 Å². The van der Waals surface area contributed by atoms with E-state index in [-0.39, 0.29) is 23.5 Å². The van der Waals surface area contributed by atoms with Gasteiger partial charge in [-0.3, -0.25) is 9.59 Å². The fourth-order valence-electron chi connectivity index (χ4n) is 1.63. The minimum Gasteiger partial charge on any atom is -0.459 e. The summed E-state index contributed by atoms with van der Waals surface area (Å²) in [6, 6.07) is 0. The van der Waals surface area contributed by atoms with Crippen molar-refractivity contribution < 1.29 is 19.1 Å². The molecule has 130 valence electrons. The molecule has 0 bridgehead atoms. The first-order chi connectivity index (χ1) is 9.84. The van der Waals surface area contributed by atoms with E-state index in [4.69, 9.17) is 9.47 Å². The lowest BCUT2D eigenvalue weighted by Gasteiger charge is -2.31. The molecule has 4 nitrogen and oxygen atoms in total. The average molecular weight is 314 g/mol. The molecule has 0 aromatic rings. The maximum Gasteiger partial charge on any atom is 0.303 e. The van der Waals surface area contributed by atoms with Crippen LogP contribution in [0.25, 0.3) is 0 Å². The van der Waals surface area contributed by atoms with Crippen LogP contribution in [-0.2, 0) is 19.1 Å². The highest BCUT2D eigenvalue weighted by atomic mass is 16.6. The molecule has 2 unspecified atom stereocenters. The smallest absolute Gasteiger partial charge is 0.303 e. The molecule has 0 aromatic heterocycles. The third kappa shape index (κ3) is 8.20. The third-order valence-electron chi connectivity index (χ3n) is 4.22. The molecule has 0 radical (unpaired) electrons. The number of carbonyl (C=O) groups is 2. The summed E-state index contributed by atoms with van der Waals surface area (Å²) in [5.41, 5.74) is -0.808. The first kappa shape index (κ1) is 23.0. The summed E-state index contributed by atoms with van der Waals surface area (Å²) in [4.78, 5) is 21.4. The normalized spacial score (nSPS) is 16.0. The number of esters is 2. The van der Waals surface area contributed by atoms with Gasteiger partial charge < -0.3 is 9.47 Å². The van der Waals surface area contributed by atoms with Crippen LogP contribution in [0.5, 0.6) is 0 Å². The zero-order valence-electron chi connectivity index (χ0n) is 15.8. The Labute approximate surface area is 136 Å². The summed E-state index contributed by atoms with van der Waals surface area (Å²) in [5.74, 6) is 0.171. The second-order valence-corrected chi connectivity index (χ2v) is 6.55. The standard InChI is InChI=1S/C9H18O2.C9H16O2/c2*1-6-9(5,7(2)3)11-8(4)10/h7H,6H2,1-5H3;6-7H,1H2,2-5H3. The van der Waals surface area contributed by atoms with E-state index in [1.807, 2.05) is 34.6 Å². The van der Waals surface area contributed by atoms with E-state index >= 15 is 0 Å². The van der Waals surface area contributed by atoms with Crippen LogP contribution in [0.2, 0.25) is 0 Å². The number of hydrogen-bond acceptors (Lipinski definition) is 4. The molecule has 4 heteroatoms. The van der Waals surface area contributed by atoms with Crippen molar-refractivity contribution in [3.8, 4) is 0 Å². The van der Waals surface area contributed by atoms with Crippen LogP contribution < -0.4 is 0 Å². The number of ether oxygens (including phenoxy) is 2. The van der Waals surface area contributed by atoms with Gasteiger partial charge in [-0.15, -0.1) is 0 Å². The van der Waals surface area contributed by atoms with Gasteiger partial charge in [0.1, 0.15) is 11.2 Å². The first-order valence-electron chi connectivity index (χ1n) is 7.87. The van der Waals surface area contributed by atoms with E-state index in [2.05, 4.69) is 20.4 Å². The predicted octanol–water partition coefficient (Wildman–Crippen LogP) is 4.52. The second kappa shape index (κ2) is 9.65. The average Bonchev–Trinajstić information content (AvgIpc) is 2.37. The highest BCUT2D eigenvalue weighted by Gasteiger charge is 2.29. The molecular weight excluding hydrogens is 280 g/mol. The maximum atomic E-state index is 10.7. The molecule has 0 saturated carbocycles. The summed E-state index contributed by atoms with van der Waals surface area (Å²) >= 11 is 0. The Kier molecular flexibility index (Phi) is 10.1. The van der Waals surface area contributed by atoms with E-state index in [0.29, 0.717) is 5.92 Å². The van der Waals surface area contributed by atoms with Crippen molar-refractivity contribution in [2.24, 2.45) is 11.8 Å². The Morgan fingerprint density at radius 3 is 1.50 bits per heavy atom. The van der Waals surface area contributed by atoms with Gasteiger partial charge >= 0.3 is 11.9 Å². The van der Waals surface area contributed by atoms with Crippen molar-refractivity contribution in [3.05, 3.63) is 12.7 Å². The van der Waals surface area contributed by atoms with Crippen LogP contribution in [-0.4, -0.2) is 23.1 Å². The van der Waals surface area contributed by atoms with Gasteiger partial charge in [0.2, 0.25) is 0 Å². The van der Waals surface area contributed by atoms with Gasteiger partial charge in [-0.2, -0.15) is 0 Å². The van der Waals surface area contributed by atoms with Crippen molar-refractivity contribution >= 4 is 11.9 Å². The van der Waals surface area contributed by atoms with E-state index in [9.17, 15) is 9.59 Å². The summed E-state index contributed by atoms with van der Waals surface area (Å²) in [6.45, 7) is 20.5. The van der Waals surface area contributed by atoms with Crippen molar-refractivity contribution in [2.75, 3.05) is 0 Å². The molecule has 0 aliphatic rings. The molecule has 0 aromatic carbocycles. The summed E-state index contributed by atoms with van der Waals surface area (Å²) in [7, 11) is 0. The molecule has 0 rings (SSSR count). The largest absolute Gasteiger partial charge is 0.459 e. The van der Waals surface area contributed by atoms with Gasteiger partial charge in [-0.25, -0.2) is 0 Å². The van der Waals surface area contributed by atoms with E-state index in [0.717, 1.165) is 6.42 Å². The van der Waals surface area contributed by atoms with E-state index in [1.54, 1.807) is 6.08 Å². The van der Waals surface area contributed by atoms with Gasteiger partial charge in [-0.05, 0) is 38.2 Å². The Balaban J connectivity index is 0. The lowest BCUT2D eigenvalue weighted by atomic mass is 9.90. The molecule has 0 spiro atoms. The topological polar surface area (TPSA) is 52.6 Å². The fraction of sp³-hybridized carbons (Fsp3) is 0.778. The Bertz CT molecular complexity index is 373. The highest BCUT2D eigenvalue weighted by Crippen LogP contribution is 2.25. The van der Waals surface area contributed by atoms with Crippen LogP contribution in [0.15, 0.2) is 12.7 Å². The summed E-state index contributed by atoms with van der Waals surface area (Å²) in [6.07, 6.45) is 2.53. The van der Waals surface area contributed by atoms with Crippen molar-refractivity contribution in [1.82, 2.24) is 0 Å². The second-order valence-electron chi connectivity index (χ2n) is 6.55. The van der Waals surface area contributed by atoms with Crippen molar-refractivity contribution in [3.63, 3.8) is 0 Å². The molecule has 0 aliphatic heterocycles. The molecular formula is C18H34O4. The Morgan fingerprint density at radius 2 is 1.41 bits per heavy atom. The summed E-state index contributed by atoms with van der Waals surface area (Å²) in [5, 5.41) is 0. The van der Waals surface area contributed by atoms with Gasteiger partial charge in [0.05, 0.1) is 0 Å². The van der Waals surface area contributed by atoms with Crippen LogP contribution in [0.4, 0.5) is 0 Å². The molecule has 22 heavy (non-hydrogen) atoms. The van der Waals surface area contributed by atoms with E-state index in [1.165, 1.54) is 13.8 Å². The number of rotatable bonds is 6. The molecule has 0 N–H and O–H groups in total. The monoisotopic (exact) mass is 314 g/mol. The van der Waals surface area contributed by atoms with Crippen LogP contribution in [0.1, 0.15) is 68.7 Å². The molecule has 0 amide bonds. The Hall–Kier alpha value is -1.32. The fourth-order valence-corrected chi connectivity index (χ4v) is 1.63. The summed E-state index contributed by atoms with van der Waals surface area (Å²) < 4.78 is 10.3. The Morgan fingerprint density at radius 1 is 1.00 bits per heavy atom. The van der Waals surface area contributed by atoms with Crippen molar-refractivity contribution in [2.45, 2.75) is 79.9 Å². The minimum absolute atomic E-state index is 0.192. The van der Waals surface area contributed by atoms with Gasteiger partial charge in [0.25, 0.3) is 0 Å². The van der Waals surface area contributed by atoms with Crippen LogP contribution in [0.3, 0.4) is 0 Å². The van der Waals surface area contributed by atoms with E-state index < -0.39 is 5.60 Å². The molecule has 0 fully saturated rings. The number of hydrogen-bond donors (Lipinski definition) is 0. The predicted molar refractivity (Wildman–Crippen MR) is 90.5 cm³/mol. The lowest BCUT2D eigenvalue weighted by Crippen LogP contribution is -2.35. The van der Waals surface area contributed by atoms with Gasteiger partial charge in [0, 0.05) is 13.8 Å². The van der Waals surface area contributed by atoms with Crippen molar-refractivity contribution in [1.29, 1.82) is 0 Å². The maximum absolute atomic E-state index is 10.7. The lowest BCUT2D eigenvalue weighted by molar-refractivity contribution is -0.160. The zero-order chi connectivity index (χ0) is 18.1. The first-order valence-corrected chi connectivity index (χ1v) is 7.87. The van der Waals surface area contributed by atoms with Crippen LogP contribution in [0, 0.1) is 11.8 Å².